The van der Waals surface area contributed by atoms with E-state index >= 15 is 4.39 Å². The van der Waals surface area contributed by atoms with Crippen LogP contribution in [0.3, 0.4) is 0 Å². The number of terminal acetylenes is 1. The average Bonchev–Trinajstić information content (AvgIpc) is 2.88. The maximum Gasteiger partial charge on any atom is 0.303 e. The van der Waals surface area contributed by atoms with Crippen molar-refractivity contribution in [1.29, 1.82) is 0 Å². The minimum absolute atomic E-state index is 0.145. The Morgan fingerprint density at radius 2 is 1.87 bits per heavy atom. The smallest absolute Gasteiger partial charge is 0.303 e. The highest BCUT2D eigenvalue weighted by Gasteiger charge is 2.49. The number of anilines is 2. The van der Waals surface area contributed by atoms with Crippen LogP contribution in [0.15, 0.2) is 35.3 Å². The molecule has 8 nitrogen and oxygen atoms in total. The third-order valence-corrected chi connectivity index (χ3v) is 6.92. The highest BCUT2D eigenvalue weighted by atomic mass is 19.3. The summed E-state index contributed by atoms with van der Waals surface area (Å²) in [5.41, 5.74) is -4.18. The molecule has 0 aliphatic carbocycles. The molecule has 202 valence electrons. The Kier molecular flexibility index (Phi) is 7.41. The second-order valence-electron chi connectivity index (χ2n) is 10.2. The van der Waals surface area contributed by atoms with Crippen LogP contribution >= 0.6 is 0 Å². The van der Waals surface area contributed by atoms with E-state index in [1.807, 2.05) is 0 Å². The Labute approximate surface area is 218 Å². The van der Waals surface area contributed by atoms with Gasteiger partial charge in [-0.15, -0.1) is 6.42 Å². The van der Waals surface area contributed by atoms with Gasteiger partial charge in [0.2, 0.25) is 0 Å². The van der Waals surface area contributed by atoms with E-state index in [4.69, 9.17) is 6.42 Å². The van der Waals surface area contributed by atoms with E-state index in [2.05, 4.69) is 50.1 Å². The highest BCUT2D eigenvalue weighted by molar-refractivity contribution is 5.92. The van der Waals surface area contributed by atoms with Gasteiger partial charge in [-0.1, -0.05) is 18.1 Å². The fraction of sp³-hybridized carbons (Fsp3) is 0.444. The highest BCUT2D eigenvalue weighted by Crippen LogP contribution is 2.41. The molecule has 0 bridgehead atoms. The standard InChI is InChI=1S/C27H31F3N6O2/c1-6-21(17-8-7-9-20(23(17)28)27(29,30)26(4,5)38)32-24-18-14-22(31-15-19(18)25(37)34-33-24)36-12-10-35(11-13-36)16(2)3/h1,7-9,14-16,21,38H,10-13H2,2-5H3,(H,32,33)(H,34,37)/t21-/m1/s1. The second-order valence-corrected chi connectivity index (χ2v) is 10.2. The van der Waals surface area contributed by atoms with E-state index < -0.39 is 34.5 Å². The summed E-state index contributed by atoms with van der Waals surface area (Å²) >= 11 is 0. The van der Waals surface area contributed by atoms with Crippen LogP contribution in [0, 0.1) is 18.2 Å². The number of benzene rings is 1. The van der Waals surface area contributed by atoms with Gasteiger partial charge < -0.3 is 15.3 Å². The van der Waals surface area contributed by atoms with Crippen LogP contribution in [0.1, 0.15) is 44.9 Å². The zero-order valence-electron chi connectivity index (χ0n) is 21.7. The maximum absolute atomic E-state index is 15.4. The van der Waals surface area contributed by atoms with E-state index in [0.717, 1.165) is 46.1 Å². The third-order valence-electron chi connectivity index (χ3n) is 6.92. The predicted molar refractivity (Wildman–Crippen MR) is 141 cm³/mol. The van der Waals surface area contributed by atoms with Crippen LogP contribution in [-0.4, -0.2) is 63.0 Å². The molecule has 1 aliphatic rings. The first-order valence-electron chi connectivity index (χ1n) is 12.3. The molecule has 0 radical (unpaired) electrons. The fourth-order valence-corrected chi connectivity index (χ4v) is 4.49. The number of nitrogens with zero attached hydrogens (tertiary/aromatic N) is 4. The zero-order valence-corrected chi connectivity index (χ0v) is 21.7. The molecule has 0 spiro atoms. The summed E-state index contributed by atoms with van der Waals surface area (Å²) in [7, 11) is 0. The Hall–Kier alpha value is -3.62. The van der Waals surface area contributed by atoms with Crippen molar-refractivity contribution in [3.63, 3.8) is 0 Å². The van der Waals surface area contributed by atoms with E-state index in [0.29, 0.717) is 17.2 Å². The molecule has 1 aliphatic heterocycles. The predicted octanol–water partition coefficient (Wildman–Crippen LogP) is 3.64. The molecule has 0 saturated carbocycles. The Morgan fingerprint density at radius 3 is 2.47 bits per heavy atom. The summed E-state index contributed by atoms with van der Waals surface area (Å²) < 4.78 is 45.0. The van der Waals surface area contributed by atoms with Crippen molar-refractivity contribution >= 4 is 22.4 Å². The Balaban J connectivity index is 1.70. The van der Waals surface area contributed by atoms with E-state index in [1.165, 1.54) is 18.3 Å². The molecule has 3 aromatic rings. The Bertz CT molecular complexity index is 1420. The number of piperazine rings is 1. The number of hydrogen-bond acceptors (Lipinski definition) is 7. The van der Waals surface area contributed by atoms with Gasteiger partial charge in [0.15, 0.2) is 5.82 Å². The molecular weight excluding hydrogens is 497 g/mol. The lowest BCUT2D eigenvalue weighted by Crippen LogP contribution is -2.49. The van der Waals surface area contributed by atoms with Crippen LogP contribution < -0.4 is 15.8 Å². The number of nitrogens with one attached hydrogen (secondary N) is 2. The normalized spacial score (nSPS) is 16.1. The fourth-order valence-electron chi connectivity index (χ4n) is 4.49. The lowest BCUT2D eigenvalue weighted by atomic mass is 9.90. The topological polar surface area (TPSA) is 97.4 Å². The molecule has 1 atom stereocenters. The van der Waals surface area contributed by atoms with Crippen molar-refractivity contribution in [2.24, 2.45) is 0 Å². The van der Waals surface area contributed by atoms with Crippen molar-refractivity contribution in [2.75, 3.05) is 36.4 Å². The first-order chi connectivity index (χ1) is 17.8. The van der Waals surface area contributed by atoms with Crippen LogP contribution in [0.2, 0.25) is 0 Å². The zero-order chi connectivity index (χ0) is 27.8. The van der Waals surface area contributed by atoms with Crippen LogP contribution in [0.4, 0.5) is 24.8 Å². The molecule has 4 rings (SSSR count). The largest absolute Gasteiger partial charge is 0.384 e. The number of rotatable bonds is 7. The number of pyridine rings is 1. The first-order valence-corrected chi connectivity index (χ1v) is 12.3. The van der Waals surface area contributed by atoms with Gasteiger partial charge in [-0.05, 0) is 39.8 Å². The molecular formula is C27H31F3N6O2. The van der Waals surface area contributed by atoms with Crippen LogP contribution in [0.5, 0.6) is 0 Å². The van der Waals surface area contributed by atoms with Gasteiger partial charge in [0.25, 0.3) is 5.56 Å². The summed E-state index contributed by atoms with van der Waals surface area (Å²) in [6, 6.07) is 4.38. The van der Waals surface area contributed by atoms with Crippen molar-refractivity contribution in [3.8, 4) is 12.3 Å². The van der Waals surface area contributed by atoms with Crippen LogP contribution in [0.25, 0.3) is 10.8 Å². The minimum Gasteiger partial charge on any atom is -0.384 e. The molecule has 0 amide bonds. The Morgan fingerprint density at radius 1 is 1.18 bits per heavy atom. The third kappa shape index (κ3) is 5.06. The molecule has 2 aromatic heterocycles. The van der Waals surface area contributed by atoms with Gasteiger partial charge in [0.1, 0.15) is 23.3 Å². The number of H-pyrrole nitrogens is 1. The van der Waals surface area contributed by atoms with Crippen LogP contribution in [-0.2, 0) is 5.92 Å². The monoisotopic (exact) mass is 528 g/mol. The van der Waals surface area contributed by atoms with Crippen molar-refractivity contribution < 1.29 is 18.3 Å². The van der Waals surface area contributed by atoms with Gasteiger partial charge in [-0.25, -0.2) is 14.5 Å². The number of fused-ring (bicyclic) bond motifs is 1. The number of aromatic nitrogens is 3. The summed E-state index contributed by atoms with van der Waals surface area (Å²) in [5.74, 6) is -1.96. The summed E-state index contributed by atoms with van der Waals surface area (Å²) in [4.78, 5) is 21.4. The minimum atomic E-state index is -3.88. The first kappa shape index (κ1) is 27.4. The maximum atomic E-state index is 15.4. The van der Waals surface area contributed by atoms with Gasteiger partial charge in [-0.2, -0.15) is 13.9 Å². The van der Waals surface area contributed by atoms with Crippen molar-refractivity contribution in [3.05, 3.63) is 57.8 Å². The SMILES string of the molecule is C#C[C@@H](Nc1n[nH]c(=O)c2cnc(N3CCN(C(C)C)CC3)cc12)c1cccc(C(F)(F)C(C)(C)O)c1F. The van der Waals surface area contributed by atoms with Crippen molar-refractivity contribution in [1.82, 2.24) is 20.1 Å². The van der Waals surface area contributed by atoms with E-state index in [1.54, 1.807) is 6.07 Å². The molecule has 3 N–H and O–H groups in total. The molecule has 0 unspecified atom stereocenters. The number of alkyl halides is 2. The summed E-state index contributed by atoms with van der Waals surface area (Å²) in [5, 5.41) is 19.9. The number of aliphatic hydroxyl groups is 1. The van der Waals surface area contributed by atoms with Gasteiger partial charge in [0, 0.05) is 49.4 Å². The quantitative estimate of drug-likeness (QED) is 0.403. The number of halogens is 3. The van der Waals surface area contributed by atoms with Gasteiger partial charge >= 0.3 is 5.92 Å². The molecule has 3 heterocycles. The van der Waals surface area contributed by atoms with Gasteiger partial charge in [-0.3, -0.25) is 9.69 Å². The molecule has 1 fully saturated rings. The second kappa shape index (κ2) is 10.3. The molecule has 1 aromatic carbocycles. The molecule has 11 heteroatoms. The molecule has 1 saturated heterocycles. The lowest BCUT2D eigenvalue weighted by Gasteiger charge is -2.37. The summed E-state index contributed by atoms with van der Waals surface area (Å²) in [6.45, 7) is 9.31. The summed E-state index contributed by atoms with van der Waals surface area (Å²) in [6.07, 6.45) is 7.13. The molecule has 38 heavy (non-hydrogen) atoms. The number of aromatic amines is 1. The average molecular weight is 529 g/mol. The van der Waals surface area contributed by atoms with E-state index in [-0.39, 0.29) is 16.8 Å². The van der Waals surface area contributed by atoms with Crippen molar-refractivity contribution in [2.45, 2.75) is 51.3 Å². The van der Waals surface area contributed by atoms with Gasteiger partial charge in [0.05, 0.1) is 10.9 Å². The number of hydrogen-bond donors (Lipinski definition) is 3. The lowest BCUT2D eigenvalue weighted by molar-refractivity contribution is -0.170. The van der Waals surface area contributed by atoms with E-state index in [9.17, 15) is 18.7 Å².